The van der Waals surface area contributed by atoms with Gasteiger partial charge in [0.25, 0.3) is 0 Å². The molecule has 3 aromatic rings. The third kappa shape index (κ3) is 6.28. The summed E-state index contributed by atoms with van der Waals surface area (Å²) < 4.78 is 29.6. The zero-order chi connectivity index (χ0) is 22.2. The van der Waals surface area contributed by atoms with Crippen LogP contribution in [-0.2, 0) is 4.79 Å². The Labute approximate surface area is 178 Å². The Balaban J connectivity index is 1.39. The number of unbranched alkanes of at least 4 members (excludes halogenated alkanes) is 3. The van der Waals surface area contributed by atoms with Crippen LogP contribution in [-0.4, -0.2) is 23.3 Å². The molecule has 1 amide bonds. The maximum Gasteiger partial charge on any atom is 0.387 e. The van der Waals surface area contributed by atoms with Gasteiger partial charge in [-0.05, 0) is 43.2 Å². The number of carbonyl (C=O) groups is 2. The number of Topliss-reactive ketones (excluding diaryl/α,β-unsaturated/α-hetero) is 1. The number of nitrogen functional groups attached to an aromatic ring is 1. The van der Waals surface area contributed by atoms with Gasteiger partial charge >= 0.3 is 6.61 Å². The van der Waals surface area contributed by atoms with E-state index < -0.39 is 6.61 Å². The zero-order valence-corrected chi connectivity index (χ0v) is 17.0. The molecule has 0 spiro atoms. The zero-order valence-electron chi connectivity index (χ0n) is 17.0. The summed E-state index contributed by atoms with van der Waals surface area (Å²) in [5, 5.41) is 3.25. The van der Waals surface area contributed by atoms with Crippen molar-refractivity contribution in [3.8, 4) is 5.75 Å². The molecule has 0 bridgehead atoms. The van der Waals surface area contributed by atoms with Gasteiger partial charge in [-0.15, -0.1) is 0 Å². The highest BCUT2D eigenvalue weighted by Crippen LogP contribution is 2.28. The van der Waals surface area contributed by atoms with Crippen molar-refractivity contribution in [2.75, 3.05) is 11.1 Å². The number of fused-ring (bicyclic) bond motifs is 1. The van der Waals surface area contributed by atoms with Crippen LogP contribution in [0.5, 0.6) is 5.75 Å². The van der Waals surface area contributed by atoms with Crippen molar-refractivity contribution in [3.63, 3.8) is 0 Å². The average Bonchev–Trinajstić information content (AvgIpc) is 3.17. The second-order valence-electron chi connectivity index (χ2n) is 7.25. The van der Waals surface area contributed by atoms with E-state index in [2.05, 4.69) is 15.0 Å². The standard InChI is InChI=1S/C23H25F2N3O3/c24-23(25)31-21-12-7-10-17-15(21)14-19(27-17)20(29)11-3-1-2-4-13-22(30)28-18-9-6-5-8-16(18)26/h5-10,12,14,23,27H,1-4,11,13,26H2,(H,28,30). The fourth-order valence-electron chi connectivity index (χ4n) is 3.36. The first kappa shape index (κ1) is 22.3. The first-order valence-corrected chi connectivity index (χ1v) is 10.2. The molecule has 6 nitrogen and oxygen atoms in total. The molecule has 0 fully saturated rings. The Morgan fingerprint density at radius 1 is 1.00 bits per heavy atom. The van der Waals surface area contributed by atoms with Gasteiger partial charge < -0.3 is 20.8 Å². The van der Waals surface area contributed by atoms with Crippen molar-refractivity contribution in [1.29, 1.82) is 0 Å². The predicted molar refractivity (Wildman–Crippen MR) is 116 cm³/mol. The number of ether oxygens (including phenoxy) is 1. The number of alkyl halides is 2. The molecule has 3 rings (SSSR count). The number of hydrogen-bond acceptors (Lipinski definition) is 4. The molecule has 1 heterocycles. The van der Waals surface area contributed by atoms with E-state index in [0.717, 1.165) is 12.8 Å². The van der Waals surface area contributed by atoms with Crippen molar-refractivity contribution < 1.29 is 23.1 Å². The molecule has 0 atom stereocenters. The van der Waals surface area contributed by atoms with Crippen molar-refractivity contribution in [2.24, 2.45) is 0 Å². The van der Waals surface area contributed by atoms with E-state index in [9.17, 15) is 18.4 Å². The number of H-pyrrole nitrogens is 1. The van der Waals surface area contributed by atoms with Gasteiger partial charge in [0.1, 0.15) is 5.75 Å². The summed E-state index contributed by atoms with van der Waals surface area (Å²) in [6.07, 6.45) is 3.76. The number of aromatic amines is 1. The number of halogens is 2. The molecule has 0 aliphatic heterocycles. The largest absolute Gasteiger partial charge is 0.434 e. The molecule has 2 aromatic carbocycles. The van der Waals surface area contributed by atoms with E-state index in [-0.39, 0.29) is 17.4 Å². The maximum atomic E-state index is 12.5. The number of rotatable bonds is 11. The lowest BCUT2D eigenvalue weighted by Crippen LogP contribution is -2.12. The van der Waals surface area contributed by atoms with Crippen LogP contribution in [0.4, 0.5) is 20.2 Å². The normalized spacial score (nSPS) is 11.1. The number of benzene rings is 2. The van der Waals surface area contributed by atoms with Gasteiger partial charge in [0.15, 0.2) is 5.78 Å². The van der Waals surface area contributed by atoms with Crippen LogP contribution < -0.4 is 15.8 Å². The number of nitrogens with two attached hydrogens (primary N) is 1. The molecule has 4 N–H and O–H groups in total. The summed E-state index contributed by atoms with van der Waals surface area (Å²) in [4.78, 5) is 27.4. The first-order valence-electron chi connectivity index (χ1n) is 10.2. The first-order chi connectivity index (χ1) is 14.9. The summed E-state index contributed by atoms with van der Waals surface area (Å²) in [6.45, 7) is -2.92. The van der Waals surface area contributed by atoms with E-state index >= 15 is 0 Å². The Morgan fingerprint density at radius 3 is 2.48 bits per heavy atom. The molecule has 0 saturated heterocycles. The molecule has 0 radical (unpaired) electrons. The van der Waals surface area contributed by atoms with Gasteiger partial charge in [0, 0.05) is 23.7 Å². The summed E-state index contributed by atoms with van der Waals surface area (Å²) in [6, 6.07) is 13.4. The van der Waals surface area contributed by atoms with Crippen LogP contribution in [0.25, 0.3) is 10.9 Å². The van der Waals surface area contributed by atoms with Crippen LogP contribution in [0, 0.1) is 0 Å². The second kappa shape index (κ2) is 10.6. The molecule has 0 aliphatic carbocycles. The minimum atomic E-state index is -2.92. The fourth-order valence-corrected chi connectivity index (χ4v) is 3.36. The van der Waals surface area contributed by atoms with E-state index in [1.54, 1.807) is 36.4 Å². The molecule has 1 aromatic heterocycles. The lowest BCUT2D eigenvalue weighted by molar-refractivity contribution is -0.116. The molecular weight excluding hydrogens is 404 g/mol. The van der Waals surface area contributed by atoms with Crippen LogP contribution in [0.15, 0.2) is 48.5 Å². The Kier molecular flexibility index (Phi) is 7.59. The monoisotopic (exact) mass is 429 g/mol. The number of carbonyl (C=O) groups excluding carboxylic acids is 2. The number of hydrogen-bond donors (Lipinski definition) is 3. The Bertz CT molecular complexity index is 1050. The van der Waals surface area contributed by atoms with Gasteiger partial charge in [-0.1, -0.05) is 31.0 Å². The number of anilines is 2. The summed E-state index contributed by atoms with van der Waals surface area (Å²) >= 11 is 0. The highest BCUT2D eigenvalue weighted by molar-refractivity contribution is 6.00. The van der Waals surface area contributed by atoms with E-state index in [1.807, 2.05) is 6.07 Å². The third-order valence-corrected chi connectivity index (χ3v) is 4.93. The van der Waals surface area contributed by atoms with Gasteiger partial charge in [0.05, 0.1) is 17.1 Å². The second-order valence-corrected chi connectivity index (χ2v) is 7.25. The van der Waals surface area contributed by atoms with Crippen molar-refractivity contribution in [3.05, 3.63) is 54.2 Å². The van der Waals surface area contributed by atoms with Gasteiger partial charge in [-0.2, -0.15) is 8.78 Å². The van der Waals surface area contributed by atoms with E-state index in [1.165, 1.54) is 6.07 Å². The van der Waals surface area contributed by atoms with Gasteiger partial charge in [0.2, 0.25) is 5.91 Å². The van der Waals surface area contributed by atoms with Crippen molar-refractivity contribution in [1.82, 2.24) is 4.98 Å². The molecule has 164 valence electrons. The van der Waals surface area contributed by atoms with Crippen molar-refractivity contribution >= 4 is 34.0 Å². The molecule has 8 heteroatoms. The SMILES string of the molecule is Nc1ccccc1NC(=O)CCCCCCC(=O)c1cc2c(OC(F)F)cccc2[nH]1. The quantitative estimate of drug-likeness (QED) is 0.213. The molecule has 31 heavy (non-hydrogen) atoms. The smallest absolute Gasteiger partial charge is 0.387 e. The average molecular weight is 429 g/mol. The van der Waals surface area contributed by atoms with E-state index in [0.29, 0.717) is 53.7 Å². The number of para-hydroxylation sites is 2. The summed E-state index contributed by atoms with van der Waals surface area (Å²) in [7, 11) is 0. The lowest BCUT2D eigenvalue weighted by Gasteiger charge is -2.07. The number of nitrogens with one attached hydrogen (secondary N) is 2. The third-order valence-electron chi connectivity index (χ3n) is 4.93. The lowest BCUT2D eigenvalue weighted by atomic mass is 10.1. The maximum absolute atomic E-state index is 12.5. The highest BCUT2D eigenvalue weighted by atomic mass is 19.3. The van der Waals surface area contributed by atoms with Crippen LogP contribution in [0.1, 0.15) is 49.0 Å². The van der Waals surface area contributed by atoms with Crippen LogP contribution >= 0.6 is 0 Å². The molecule has 0 unspecified atom stereocenters. The van der Waals surface area contributed by atoms with E-state index in [4.69, 9.17) is 5.73 Å². The van der Waals surface area contributed by atoms with Gasteiger partial charge in [-0.25, -0.2) is 0 Å². The number of amides is 1. The molecule has 0 saturated carbocycles. The van der Waals surface area contributed by atoms with Gasteiger partial charge in [-0.3, -0.25) is 9.59 Å². The Hall–Kier alpha value is -3.42. The van der Waals surface area contributed by atoms with Crippen LogP contribution in [0.2, 0.25) is 0 Å². The topological polar surface area (TPSA) is 97.2 Å². The fraction of sp³-hybridized carbons (Fsp3) is 0.304. The summed E-state index contributed by atoms with van der Waals surface area (Å²) in [5.41, 5.74) is 7.89. The highest BCUT2D eigenvalue weighted by Gasteiger charge is 2.14. The number of ketones is 1. The predicted octanol–water partition coefficient (Wildman–Crippen LogP) is 5.51. The van der Waals surface area contributed by atoms with Crippen molar-refractivity contribution in [2.45, 2.75) is 45.1 Å². The Morgan fingerprint density at radius 2 is 1.74 bits per heavy atom. The number of aromatic nitrogens is 1. The van der Waals surface area contributed by atoms with Crippen LogP contribution in [0.3, 0.4) is 0 Å². The summed E-state index contributed by atoms with van der Waals surface area (Å²) in [5.74, 6) is -0.135. The minimum Gasteiger partial charge on any atom is -0.434 e. The minimum absolute atomic E-state index is 0.0401. The molecule has 0 aliphatic rings. The molecular formula is C23H25F2N3O3.